The average molecular weight is 225 g/mol. The predicted octanol–water partition coefficient (Wildman–Crippen LogP) is 4.23. The fourth-order valence-electron chi connectivity index (χ4n) is 2.74. The second-order valence-electron chi connectivity index (χ2n) is 6.50. The molecule has 0 amide bonds. The zero-order chi connectivity index (χ0) is 12.2. The molecule has 1 aliphatic rings. The molecule has 1 saturated heterocycles. The van der Waals surface area contributed by atoms with Crippen molar-refractivity contribution in [2.24, 2.45) is 17.8 Å². The summed E-state index contributed by atoms with van der Waals surface area (Å²) in [5, 5.41) is 3.69. The normalized spacial score (nSPS) is 33.0. The van der Waals surface area contributed by atoms with Crippen LogP contribution in [0.5, 0.6) is 0 Å². The van der Waals surface area contributed by atoms with Gasteiger partial charge in [-0.05, 0) is 50.5 Å². The Morgan fingerprint density at radius 3 is 2.56 bits per heavy atom. The molecule has 1 aliphatic heterocycles. The van der Waals surface area contributed by atoms with E-state index in [4.69, 9.17) is 0 Å². The van der Waals surface area contributed by atoms with Gasteiger partial charge in [0.25, 0.3) is 0 Å². The molecule has 3 atom stereocenters. The third-order valence-corrected chi connectivity index (χ3v) is 4.79. The first kappa shape index (κ1) is 14.0. The number of hydrogen-bond acceptors (Lipinski definition) is 1. The standard InChI is InChI=1S/C15H31N/c1-6-15(5)11-14(9-10-16-15)8-7-13(4)12(2)3/h12-14,16H,6-11H2,1-5H3. The maximum atomic E-state index is 3.69. The van der Waals surface area contributed by atoms with E-state index < -0.39 is 0 Å². The van der Waals surface area contributed by atoms with Crippen molar-refractivity contribution in [3.63, 3.8) is 0 Å². The summed E-state index contributed by atoms with van der Waals surface area (Å²) < 4.78 is 0. The van der Waals surface area contributed by atoms with Gasteiger partial charge < -0.3 is 5.32 Å². The maximum Gasteiger partial charge on any atom is 0.0153 e. The summed E-state index contributed by atoms with van der Waals surface area (Å²) in [6, 6.07) is 0. The van der Waals surface area contributed by atoms with Crippen LogP contribution in [0, 0.1) is 17.8 Å². The number of nitrogens with one attached hydrogen (secondary N) is 1. The van der Waals surface area contributed by atoms with Gasteiger partial charge in [0, 0.05) is 5.54 Å². The molecule has 3 unspecified atom stereocenters. The van der Waals surface area contributed by atoms with E-state index in [1.54, 1.807) is 0 Å². The first-order valence-corrected chi connectivity index (χ1v) is 7.22. The molecule has 0 bridgehead atoms. The number of piperidine rings is 1. The molecule has 0 aromatic rings. The van der Waals surface area contributed by atoms with E-state index in [2.05, 4.69) is 39.9 Å². The Hall–Kier alpha value is -0.0400. The molecular weight excluding hydrogens is 194 g/mol. The van der Waals surface area contributed by atoms with Crippen molar-refractivity contribution in [1.29, 1.82) is 0 Å². The molecule has 0 aromatic carbocycles. The van der Waals surface area contributed by atoms with Gasteiger partial charge in [0.05, 0.1) is 0 Å². The van der Waals surface area contributed by atoms with Crippen LogP contribution in [0.3, 0.4) is 0 Å². The highest BCUT2D eigenvalue weighted by molar-refractivity contribution is 4.88. The molecular formula is C15H31N. The third-order valence-electron chi connectivity index (χ3n) is 4.79. The van der Waals surface area contributed by atoms with E-state index in [1.807, 2.05) is 0 Å². The van der Waals surface area contributed by atoms with Crippen molar-refractivity contribution in [2.75, 3.05) is 6.54 Å². The zero-order valence-electron chi connectivity index (χ0n) is 12.0. The van der Waals surface area contributed by atoms with Gasteiger partial charge in [-0.1, -0.05) is 40.5 Å². The Morgan fingerprint density at radius 1 is 1.31 bits per heavy atom. The summed E-state index contributed by atoms with van der Waals surface area (Å²) in [7, 11) is 0. The monoisotopic (exact) mass is 225 g/mol. The van der Waals surface area contributed by atoms with Crippen LogP contribution < -0.4 is 5.32 Å². The van der Waals surface area contributed by atoms with Crippen molar-refractivity contribution in [2.45, 2.75) is 72.3 Å². The Balaban J connectivity index is 2.32. The van der Waals surface area contributed by atoms with Crippen LogP contribution >= 0.6 is 0 Å². The van der Waals surface area contributed by atoms with Gasteiger partial charge >= 0.3 is 0 Å². The Bertz CT molecular complexity index is 200. The van der Waals surface area contributed by atoms with Crippen LogP contribution in [0.25, 0.3) is 0 Å². The average Bonchev–Trinajstić information content (AvgIpc) is 2.26. The van der Waals surface area contributed by atoms with Gasteiger partial charge in [-0.15, -0.1) is 0 Å². The fraction of sp³-hybridized carbons (Fsp3) is 1.00. The molecule has 0 radical (unpaired) electrons. The SMILES string of the molecule is CCC1(C)CC(CCC(C)C(C)C)CCN1. The van der Waals surface area contributed by atoms with Crippen LogP contribution in [-0.4, -0.2) is 12.1 Å². The van der Waals surface area contributed by atoms with Gasteiger partial charge in [0.2, 0.25) is 0 Å². The van der Waals surface area contributed by atoms with Gasteiger partial charge in [-0.25, -0.2) is 0 Å². The molecule has 1 heterocycles. The second-order valence-corrected chi connectivity index (χ2v) is 6.50. The molecule has 1 rings (SSSR count). The molecule has 96 valence electrons. The van der Waals surface area contributed by atoms with E-state index in [-0.39, 0.29) is 0 Å². The number of rotatable bonds is 5. The third kappa shape index (κ3) is 4.08. The lowest BCUT2D eigenvalue weighted by molar-refractivity contribution is 0.187. The van der Waals surface area contributed by atoms with E-state index >= 15 is 0 Å². The van der Waals surface area contributed by atoms with Gasteiger partial charge in [0.15, 0.2) is 0 Å². The van der Waals surface area contributed by atoms with E-state index in [1.165, 1.54) is 38.6 Å². The van der Waals surface area contributed by atoms with Crippen LogP contribution in [-0.2, 0) is 0 Å². The molecule has 1 fully saturated rings. The highest BCUT2D eigenvalue weighted by Gasteiger charge is 2.29. The highest BCUT2D eigenvalue weighted by Crippen LogP contribution is 2.31. The van der Waals surface area contributed by atoms with Gasteiger partial charge in [-0.2, -0.15) is 0 Å². The topological polar surface area (TPSA) is 12.0 Å². The maximum absolute atomic E-state index is 3.69. The van der Waals surface area contributed by atoms with E-state index in [0.29, 0.717) is 5.54 Å². The molecule has 1 nitrogen and oxygen atoms in total. The summed E-state index contributed by atoms with van der Waals surface area (Å²) in [5.74, 6) is 2.70. The van der Waals surface area contributed by atoms with Crippen molar-refractivity contribution in [3.05, 3.63) is 0 Å². The first-order chi connectivity index (χ1) is 7.47. The second kappa shape index (κ2) is 6.05. The lowest BCUT2D eigenvalue weighted by Crippen LogP contribution is -2.48. The minimum absolute atomic E-state index is 0.421. The van der Waals surface area contributed by atoms with Crippen LogP contribution in [0.4, 0.5) is 0 Å². The summed E-state index contributed by atoms with van der Waals surface area (Å²) in [5.41, 5.74) is 0.421. The molecule has 16 heavy (non-hydrogen) atoms. The highest BCUT2D eigenvalue weighted by atomic mass is 15.0. The molecule has 0 spiro atoms. The first-order valence-electron chi connectivity index (χ1n) is 7.22. The quantitative estimate of drug-likeness (QED) is 0.738. The minimum atomic E-state index is 0.421. The van der Waals surface area contributed by atoms with Crippen LogP contribution in [0.15, 0.2) is 0 Å². The van der Waals surface area contributed by atoms with Crippen LogP contribution in [0.2, 0.25) is 0 Å². The Morgan fingerprint density at radius 2 is 2.00 bits per heavy atom. The van der Waals surface area contributed by atoms with Crippen molar-refractivity contribution < 1.29 is 0 Å². The van der Waals surface area contributed by atoms with E-state index in [9.17, 15) is 0 Å². The van der Waals surface area contributed by atoms with Crippen molar-refractivity contribution >= 4 is 0 Å². The summed E-state index contributed by atoms with van der Waals surface area (Å²) in [6.07, 6.45) is 6.90. The minimum Gasteiger partial charge on any atom is -0.312 e. The van der Waals surface area contributed by atoms with Gasteiger partial charge in [-0.3, -0.25) is 0 Å². The van der Waals surface area contributed by atoms with Crippen molar-refractivity contribution in [1.82, 2.24) is 5.32 Å². The summed E-state index contributed by atoms with van der Waals surface area (Å²) >= 11 is 0. The summed E-state index contributed by atoms with van der Waals surface area (Å²) in [6.45, 7) is 13.0. The molecule has 1 heteroatoms. The lowest BCUT2D eigenvalue weighted by atomic mass is 9.78. The molecule has 0 aliphatic carbocycles. The lowest BCUT2D eigenvalue weighted by Gasteiger charge is -2.39. The van der Waals surface area contributed by atoms with Crippen molar-refractivity contribution in [3.8, 4) is 0 Å². The Labute approximate surface area is 102 Å². The fourth-order valence-corrected chi connectivity index (χ4v) is 2.74. The molecule has 0 aromatic heterocycles. The Kier molecular flexibility index (Phi) is 5.30. The molecule has 1 N–H and O–H groups in total. The predicted molar refractivity (Wildman–Crippen MR) is 72.7 cm³/mol. The zero-order valence-corrected chi connectivity index (χ0v) is 12.0. The number of hydrogen-bond donors (Lipinski definition) is 1. The van der Waals surface area contributed by atoms with E-state index in [0.717, 1.165) is 17.8 Å². The summed E-state index contributed by atoms with van der Waals surface area (Å²) in [4.78, 5) is 0. The molecule has 0 saturated carbocycles. The largest absolute Gasteiger partial charge is 0.312 e. The van der Waals surface area contributed by atoms with Crippen LogP contribution in [0.1, 0.15) is 66.7 Å². The smallest absolute Gasteiger partial charge is 0.0153 e. The van der Waals surface area contributed by atoms with Gasteiger partial charge in [0.1, 0.15) is 0 Å².